The van der Waals surface area contributed by atoms with Gasteiger partial charge >= 0.3 is 0 Å². The molecule has 1 fully saturated rings. The van der Waals surface area contributed by atoms with Crippen LogP contribution < -0.4 is 15.8 Å². The van der Waals surface area contributed by atoms with Crippen LogP contribution in [0.25, 0.3) is 27.7 Å². The molecule has 0 saturated carbocycles. The molecule has 1 aliphatic carbocycles. The third-order valence-corrected chi connectivity index (χ3v) is 8.97. The number of aromatic nitrogens is 3. The van der Waals surface area contributed by atoms with Crippen molar-refractivity contribution < 1.29 is 21.9 Å². The average Bonchev–Trinajstić information content (AvgIpc) is 3.33. The first-order chi connectivity index (χ1) is 19.7. The predicted molar refractivity (Wildman–Crippen MR) is 154 cm³/mol. The zero-order chi connectivity index (χ0) is 28.7. The molecule has 41 heavy (non-hydrogen) atoms. The SMILES string of the molecule is CCn1nc(-c2ccc(NS(=O)(=O)c3ccccc3F)c(F)c2)c2c(N)ncc(C3=CCC(NC4COC4)CC3)c21. The number of hydrogen-bond donors (Lipinski definition) is 3. The highest BCUT2D eigenvalue weighted by Gasteiger charge is 2.26. The van der Waals surface area contributed by atoms with E-state index in [-0.39, 0.29) is 11.5 Å². The van der Waals surface area contributed by atoms with Crippen molar-refractivity contribution in [1.82, 2.24) is 20.1 Å². The number of pyridine rings is 1. The summed E-state index contributed by atoms with van der Waals surface area (Å²) < 4.78 is 64.0. The van der Waals surface area contributed by atoms with Gasteiger partial charge in [-0.1, -0.05) is 24.3 Å². The molecule has 1 unspecified atom stereocenters. The molecule has 2 aromatic carbocycles. The first-order valence-electron chi connectivity index (χ1n) is 13.5. The largest absolute Gasteiger partial charge is 0.383 e. The van der Waals surface area contributed by atoms with Crippen molar-refractivity contribution in [3.8, 4) is 11.3 Å². The third-order valence-electron chi connectivity index (χ3n) is 7.58. The molecule has 214 valence electrons. The van der Waals surface area contributed by atoms with Crippen LogP contribution in [0.2, 0.25) is 0 Å². The number of ether oxygens (including phenoxy) is 1. The van der Waals surface area contributed by atoms with E-state index in [1.165, 1.54) is 24.3 Å². The number of sulfonamides is 1. The van der Waals surface area contributed by atoms with Crippen molar-refractivity contribution in [2.24, 2.45) is 0 Å². The van der Waals surface area contributed by atoms with Crippen LogP contribution in [0.1, 0.15) is 31.7 Å². The number of allylic oxidation sites excluding steroid dienone is 1. The number of rotatable bonds is 8. The minimum absolute atomic E-state index is 0.268. The molecule has 0 radical (unpaired) electrons. The second-order valence-corrected chi connectivity index (χ2v) is 11.9. The summed E-state index contributed by atoms with van der Waals surface area (Å²) in [7, 11) is -4.34. The maximum Gasteiger partial charge on any atom is 0.264 e. The van der Waals surface area contributed by atoms with Gasteiger partial charge in [0.2, 0.25) is 0 Å². The molecule has 3 heterocycles. The van der Waals surface area contributed by atoms with Gasteiger partial charge in [-0.2, -0.15) is 5.10 Å². The second-order valence-electron chi connectivity index (χ2n) is 10.3. The number of nitrogen functional groups attached to an aromatic ring is 1. The molecule has 0 amide bonds. The Hall–Kier alpha value is -3.87. The summed E-state index contributed by atoms with van der Waals surface area (Å²) >= 11 is 0. The van der Waals surface area contributed by atoms with Gasteiger partial charge in [0.05, 0.1) is 35.8 Å². The molecule has 0 bridgehead atoms. The lowest BCUT2D eigenvalue weighted by Crippen LogP contribution is -2.50. The Balaban J connectivity index is 1.34. The Morgan fingerprint density at radius 3 is 2.59 bits per heavy atom. The number of anilines is 2. The number of benzene rings is 2. The highest BCUT2D eigenvalue weighted by molar-refractivity contribution is 7.92. The monoisotopic (exact) mass is 580 g/mol. The van der Waals surface area contributed by atoms with Crippen LogP contribution >= 0.6 is 0 Å². The molecule has 12 heteroatoms. The summed E-state index contributed by atoms with van der Waals surface area (Å²) in [4.78, 5) is 3.90. The molecule has 1 atom stereocenters. The summed E-state index contributed by atoms with van der Waals surface area (Å²) in [5.41, 5.74) is 9.82. The van der Waals surface area contributed by atoms with E-state index in [0.29, 0.717) is 35.3 Å². The van der Waals surface area contributed by atoms with Gasteiger partial charge in [0.1, 0.15) is 28.0 Å². The van der Waals surface area contributed by atoms with Crippen molar-refractivity contribution in [3.05, 3.63) is 71.9 Å². The number of nitrogens with zero attached hydrogens (tertiary/aromatic N) is 3. The van der Waals surface area contributed by atoms with Gasteiger partial charge in [-0.3, -0.25) is 9.40 Å². The average molecular weight is 581 g/mol. The zero-order valence-electron chi connectivity index (χ0n) is 22.4. The molecule has 6 rings (SSSR count). The summed E-state index contributed by atoms with van der Waals surface area (Å²) in [6.07, 6.45) is 6.74. The van der Waals surface area contributed by atoms with Crippen LogP contribution in [-0.2, 0) is 21.3 Å². The Bertz CT molecular complexity index is 1770. The molecule has 1 aliphatic heterocycles. The third kappa shape index (κ3) is 5.18. The van der Waals surface area contributed by atoms with E-state index >= 15 is 4.39 Å². The maximum atomic E-state index is 15.3. The van der Waals surface area contributed by atoms with E-state index in [0.717, 1.165) is 61.3 Å². The smallest absolute Gasteiger partial charge is 0.264 e. The van der Waals surface area contributed by atoms with Crippen molar-refractivity contribution in [2.45, 2.75) is 49.7 Å². The number of hydrogen-bond acceptors (Lipinski definition) is 7. The van der Waals surface area contributed by atoms with Gasteiger partial charge in [0.15, 0.2) is 0 Å². The molecular weight excluding hydrogens is 550 g/mol. The lowest BCUT2D eigenvalue weighted by atomic mass is 9.89. The van der Waals surface area contributed by atoms with Crippen molar-refractivity contribution in [3.63, 3.8) is 0 Å². The van der Waals surface area contributed by atoms with Crippen LogP contribution in [0, 0.1) is 11.6 Å². The molecule has 2 aromatic heterocycles. The van der Waals surface area contributed by atoms with E-state index in [1.54, 1.807) is 12.3 Å². The predicted octanol–water partition coefficient (Wildman–Crippen LogP) is 4.70. The summed E-state index contributed by atoms with van der Waals surface area (Å²) in [5, 5.41) is 9.01. The highest BCUT2D eigenvalue weighted by Crippen LogP contribution is 2.39. The summed E-state index contributed by atoms with van der Waals surface area (Å²) in [6, 6.07) is 9.75. The molecule has 2 aliphatic rings. The Morgan fingerprint density at radius 2 is 1.93 bits per heavy atom. The number of aryl methyl sites for hydroxylation is 1. The lowest BCUT2D eigenvalue weighted by molar-refractivity contribution is -0.0103. The second kappa shape index (κ2) is 10.8. The van der Waals surface area contributed by atoms with Gasteiger partial charge in [0, 0.05) is 29.9 Å². The van der Waals surface area contributed by atoms with Gasteiger partial charge in [-0.15, -0.1) is 0 Å². The molecule has 1 saturated heterocycles. The van der Waals surface area contributed by atoms with Crippen LogP contribution in [-0.4, -0.2) is 48.5 Å². The molecule has 9 nitrogen and oxygen atoms in total. The molecule has 4 N–H and O–H groups in total. The lowest BCUT2D eigenvalue weighted by Gasteiger charge is -2.33. The maximum absolute atomic E-state index is 15.3. The van der Waals surface area contributed by atoms with Gasteiger partial charge < -0.3 is 15.8 Å². The number of halogens is 2. The van der Waals surface area contributed by atoms with Gasteiger partial charge in [-0.05, 0) is 56.0 Å². The fourth-order valence-corrected chi connectivity index (χ4v) is 6.55. The van der Waals surface area contributed by atoms with E-state index in [2.05, 4.69) is 21.1 Å². The quantitative estimate of drug-likeness (QED) is 0.276. The van der Waals surface area contributed by atoms with Crippen molar-refractivity contribution in [1.29, 1.82) is 0 Å². The van der Waals surface area contributed by atoms with Gasteiger partial charge in [-0.25, -0.2) is 22.2 Å². The summed E-state index contributed by atoms with van der Waals surface area (Å²) in [5.74, 6) is -1.50. The molecule has 0 spiro atoms. The fourth-order valence-electron chi connectivity index (χ4n) is 5.41. The van der Waals surface area contributed by atoms with E-state index in [4.69, 9.17) is 15.6 Å². The number of fused-ring (bicyclic) bond motifs is 1. The minimum Gasteiger partial charge on any atom is -0.383 e. The van der Waals surface area contributed by atoms with E-state index < -0.39 is 26.6 Å². The van der Waals surface area contributed by atoms with Crippen LogP contribution in [0.4, 0.5) is 20.3 Å². The van der Waals surface area contributed by atoms with Crippen molar-refractivity contribution >= 4 is 38.0 Å². The number of nitrogens with one attached hydrogen (secondary N) is 2. The topological polar surface area (TPSA) is 124 Å². The number of nitrogens with two attached hydrogens (primary N) is 1. The van der Waals surface area contributed by atoms with Gasteiger partial charge in [0.25, 0.3) is 10.0 Å². The molecular formula is C29H30F2N6O3S. The molecule has 4 aromatic rings. The zero-order valence-corrected chi connectivity index (χ0v) is 23.2. The highest BCUT2D eigenvalue weighted by atomic mass is 32.2. The Morgan fingerprint density at radius 1 is 1.12 bits per heavy atom. The Kier molecular flexibility index (Phi) is 7.22. The standard InChI is InChI=1S/C29H30F2N6O3S/c1-2-37-28-21(17-7-10-19(11-8-17)34-20-15-40-16-20)14-33-29(32)26(28)27(35-37)18-9-12-24(23(31)13-18)36-41(38,39)25-6-4-3-5-22(25)30/h3-7,9,12-14,19-20,34,36H,2,8,10-11,15-16H2,1H3,(H2,32,33). The minimum atomic E-state index is -4.34. The van der Waals surface area contributed by atoms with Crippen LogP contribution in [0.5, 0.6) is 0 Å². The summed E-state index contributed by atoms with van der Waals surface area (Å²) in [6.45, 7) is 4.03. The van der Waals surface area contributed by atoms with Crippen molar-refractivity contribution in [2.75, 3.05) is 23.7 Å². The normalized spacial score (nSPS) is 17.8. The van der Waals surface area contributed by atoms with E-state index in [9.17, 15) is 12.8 Å². The van der Waals surface area contributed by atoms with Crippen LogP contribution in [0.15, 0.2) is 59.6 Å². The van der Waals surface area contributed by atoms with Crippen LogP contribution in [0.3, 0.4) is 0 Å². The first kappa shape index (κ1) is 27.3. The Labute approximate surface area is 236 Å². The first-order valence-corrected chi connectivity index (χ1v) is 15.0. The fraction of sp³-hybridized carbons (Fsp3) is 0.310. The van der Waals surface area contributed by atoms with E-state index in [1.807, 2.05) is 11.6 Å².